The number of amides is 1. The summed E-state index contributed by atoms with van der Waals surface area (Å²) in [6.45, 7) is 3.79. The van der Waals surface area contributed by atoms with E-state index in [4.69, 9.17) is 4.52 Å². The normalized spacial score (nSPS) is 11.7. The lowest BCUT2D eigenvalue weighted by Crippen LogP contribution is -2.24. The largest absolute Gasteiger partial charge is 0.406 e. The molecule has 2 aromatic rings. The monoisotopic (exact) mass is 315 g/mol. The third-order valence-corrected chi connectivity index (χ3v) is 3.26. The van der Waals surface area contributed by atoms with Crippen molar-refractivity contribution in [3.63, 3.8) is 0 Å². The molecule has 22 heavy (non-hydrogen) atoms. The highest BCUT2D eigenvalue weighted by Gasteiger charge is 2.30. The van der Waals surface area contributed by atoms with Crippen molar-refractivity contribution >= 4 is 5.91 Å². The van der Waals surface area contributed by atoms with Crippen LogP contribution in [0.1, 0.15) is 33.2 Å². The second-order valence-electron chi connectivity index (χ2n) is 5.10. The van der Waals surface area contributed by atoms with E-state index in [-0.39, 0.29) is 17.8 Å². The molecular formula is C14H16F3N3O2. The average Bonchev–Trinajstić information content (AvgIpc) is 2.93. The van der Waals surface area contributed by atoms with E-state index in [1.165, 1.54) is 19.9 Å². The number of hydrogen-bond donors (Lipinski definition) is 1. The van der Waals surface area contributed by atoms with Gasteiger partial charge in [-0.3, -0.25) is 4.79 Å². The Morgan fingerprint density at radius 2 is 2.00 bits per heavy atom. The van der Waals surface area contributed by atoms with Gasteiger partial charge in [0.1, 0.15) is 6.54 Å². The highest BCUT2D eigenvalue weighted by Crippen LogP contribution is 2.23. The number of carbonyl (C=O) groups is 1. The van der Waals surface area contributed by atoms with Crippen LogP contribution in [0.15, 0.2) is 16.7 Å². The molecule has 2 rings (SSSR count). The first-order valence-electron chi connectivity index (χ1n) is 6.61. The Labute approximate surface area is 125 Å². The predicted octanol–water partition coefficient (Wildman–Crippen LogP) is 2.89. The van der Waals surface area contributed by atoms with Gasteiger partial charge >= 0.3 is 6.18 Å². The van der Waals surface area contributed by atoms with E-state index in [2.05, 4.69) is 10.5 Å². The van der Waals surface area contributed by atoms with Crippen molar-refractivity contribution in [1.82, 2.24) is 15.0 Å². The van der Waals surface area contributed by atoms with Gasteiger partial charge in [-0.05, 0) is 26.8 Å². The minimum Gasteiger partial charge on any atom is -0.359 e. The summed E-state index contributed by atoms with van der Waals surface area (Å²) < 4.78 is 43.7. The SMILES string of the molecule is Cc1cc(CNC(=O)c2cc(C)n(CC(F)(F)F)c2C)on1. The zero-order chi connectivity index (χ0) is 16.5. The van der Waals surface area contributed by atoms with Crippen molar-refractivity contribution < 1.29 is 22.5 Å². The van der Waals surface area contributed by atoms with Crippen LogP contribution in [0, 0.1) is 20.8 Å². The molecule has 8 heteroatoms. The molecule has 5 nitrogen and oxygen atoms in total. The van der Waals surface area contributed by atoms with E-state index >= 15 is 0 Å². The van der Waals surface area contributed by atoms with Gasteiger partial charge in [0.2, 0.25) is 0 Å². The molecular weight excluding hydrogens is 299 g/mol. The van der Waals surface area contributed by atoms with Gasteiger partial charge in [0.25, 0.3) is 5.91 Å². The lowest BCUT2D eigenvalue weighted by atomic mass is 10.2. The first-order valence-corrected chi connectivity index (χ1v) is 6.61. The summed E-state index contributed by atoms with van der Waals surface area (Å²) in [5, 5.41) is 6.29. The average molecular weight is 315 g/mol. The van der Waals surface area contributed by atoms with Crippen LogP contribution in [-0.2, 0) is 13.1 Å². The zero-order valence-electron chi connectivity index (χ0n) is 12.4. The van der Waals surface area contributed by atoms with Gasteiger partial charge < -0.3 is 14.4 Å². The molecule has 0 aliphatic rings. The zero-order valence-corrected chi connectivity index (χ0v) is 12.4. The summed E-state index contributed by atoms with van der Waals surface area (Å²) in [4.78, 5) is 12.1. The molecule has 0 aliphatic carbocycles. The maximum Gasteiger partial charge on any atom is 0.406 e. The highest BCUT2D eigenvalue weighted by atomic mass is 19.4. The van der Waals surface area contributed by atoms with E-state index in [1.54, 1.807) is 13.0 Å². The first kappa shape index (κ1) is 16.1. The Morgan fingerprint density at radius 3 is 2.55 bits per heavy atom. The first-order chi connectivity index (χ1) is 10.2. The quantitative estimate of drug-likeness (QED) is 0.944. The third kappa shape index (κ3) is 3.69. The number of nitrogens with one attached hydrogen (secondary N) is 1. The van der Waals surface area contributed by atoms with Crippen molar-refractivity contribution in [1.29, 1.82) is 0 Å². The van der Waals surface area contributed by atoms with E-state index in [0.29, 0.717) is 17.1 Å². The minimum atomic E-state index is -4.33. The fourth-order valence-electron chi connectivity index (χ4n) is 2.22. The van der Waals surface area contributed by atoms with Gasteiger partial charge in [-0.25, -0.2) is 0 Å². The van der Waals surface area contributed by atoms with Crippen molar-refractivity contribution in [2.45, 2.75) is 40.0 Å². The van der Waals surface area contributed by atoms with Gasteiger partial charge in [0.15, 0.2) is 5.76 Å². The number of rotatable bonds is 4. The predicted molar refractivity (Wildman–Crippen MR) is 72.4 cm³/mol. The number of halogens is 3. The van der Waals surface area contributed by atoms with Crippen molar-refractivity contribution in [2.75, 3.05) is 0 Å². The molecule has 0 aromatic carbocycles. The number of hydrogen-bond acceptors (Lipinski definition) is 3. The number of aryl methyl sites for hydroxylation is 2. The van der Waals surface area contributed by atoms with Crippen LogP contribution in [0.25, 0.3) is 0 Å². The van der Waals surface area contributed by atoms with E-state index < -0.39 is 18.6 Å². The Balaban J connectivity index is 2.11. The maximum atomic E-state index is 12.5. The van der Waals surface area contributed by atoms with Crippen molar-refractivity contribution in [3.05, 3.63) is 40.5 Å². The van der Waals surface area contributed by atoms with Gasteiger partial charge in [-0.15, -0.1) is 0 Å². The Hall–Kier alpha value is -2.25. The number of alkyl halides is 3. The van der Waals surface area contributed by atoms with Crippen LogP contribution in [-0.4, -0.2) is 21.8 Å². The molecule has 0 fully saturated rings. The van der Waals surface area contributed by atoms with Crippen LogP contribution < -0.4 is 5.32 Å². The molecule has 2 aromatic heterocycles. The van der Waals surface area contributed by atoms with E-state index in [0.717, 1.165) is 4.57 Å². The Kier molecular flexibility index (Phi) is 4.30. The van der Waals surface area contributed by atoms with E-state index in [9.17, 15) is 18.0 Å². The molecule has 0 spiro atoms. The standard InChI is InChI=1S/C14H16F3N3O2/c1-8-4-11(22-19-8)6-18-13(21)12-5-9(2)20(10(12)3)7-14(15,16)17/h4-5H,6-7H2,1-3H3,(H,18,21). The number of carbonyl (C=O) groups excluding carboxylic acids is 1. The van der Waals surface area contributed by atoms with Gasteiger partial charge in [-0.2, -0.15) is 13.2 Å². The molecule has 0 unspecified atom stereocenters. The summed E-state index contributed by atoms with van der Waals surface area (Å²) in [6.07, 6.45) is -4.33. The highest BCUT2D eigenvalue weighted by molar-refractivity contribution is 5.95. The summed E-state index contributed by atoms with van der Waals surface area (Å²) in [5.41, 5.74) is 1.57. The fourth-order valence-corrected chi connectivity index (χ4v) is 2.22. The van der Waals surface area contributed by atoms with Crippen LogP contribution in [0.4, 0.5) is 13.2 Å². The van der Waals surface area contributed by atoms with Crippen LogP contribution in [0.3, 0.4) is 0 Å². The molecule has 0 saturated carbocycles. The molecule has 0 atom stereocenters. The third-order valence-electron chi connectivity index (χ3n) is 3.26. The minimum absolute atomic E-state index is 0.128. The van der Waals surface area contributed by atoms with Crippen molar-refractivity contribution in [2.24, 2.45) is 0 Å². The van der Waals surface area contributed by atoms with Crippen molar-refractivity contribution in [3.8, 4) is 0 Å². The number of nitrogens with zero attached hydrogens (tertiary/aromatic N) is 2. The van der Waals surface area contributed by atoms with Crippen LogP contribution >= 0.6 is 0 Å². The lowest BCUT2D eigenvalue weighted by Gasteiger charge is -2.12. The molecule has 0 aliphatic heterocycles. The van der Waals surface area contributed by atoms with Crippen LogP contribution in [0.5, 0.6) is 0 Å². The van der Waals surface area contributed by atoms with Crippen LogP contribution in [0.2, 0.25) is 0 Å². The summed E-state index contributed by atoms with van der Waals surface area (Å²) in [5.74, 6) is 0.0329. The molecule has 0 bridgehead atoms. The number of aromatic nitrogens is 2. The molecule has 0 saturated heterocycles. The second-order valence-corrected chi connectivity index (χ2v) is 5.10. The second kappa shape index (κ2) is 5.86. The van der Waals surface area contributed by atoms with Gasteiger partial charge in [-0.1, -0.05) is 5.16 Å². The summed E-state index contributed by atoms with van der Waals surface area (Å²) in [7, 11) is 0. The van der Waals surface area contributed by atoms with Gasteiger partial charge in [0.05, 0.1) is 17.8 Å². The smallest absolute Gasteiger partial charge is 0.359 e. The topological polar surface area (TPSA) is 60.1 Å². The van der Waals surface area contributed by atoms with Gasteiger partial charge in [0, 0.05) is 17.5 Å². The molecule has 2 heterocycles. The van der Waals surface area contributed by atoms with E-state index in [1.807, 2.05) is 0 Å². The summed E-state index contributed by atoms with van der Waals surface area (Å²) >= 11 is 0. The maximum absolute atomic E-state index is 12.5. The molecule has 1 amide bonds. The Bertz CT molecular complexity index is 686. The Morgan fingerprint density at radius 1 is 1.32 bits per heavy atom. The molecule has 1 N–H and O–H groups in total. The molecule has 120 valence electrons. The fraction of sp³-hybridized carbons (Fsp3) is 0.429. The lowest BCUT2D eigenvalue weighted by molar-refractivity contribution is -0.141. The summed E-state index contributed by atoms with van der Waals surface area (Å²) in [6, 6.07) is 3.12. The molecule has 0 radical (unpaired) electrons.